The molecule has 0 saturated heterocycles. The molecule has 0 fully saturated rings. The van der Waals surface area contributed by atoms with Crippen molar-refractivity contribution in [2.24, 2.45) is 0 Å². The van der Waals surface area contributed by atoms with E-state index in [1.807, 2.05) is 0 Å². The Morgan fingerprint density at radius 1 is 1.04 bits per heavy atom. The van der Waals surface area contributed by atoms with Gasteiger partial charge in [-0.25, -0.2) is 8.78 Å². The molecule has 0 aliphatic carbocycles. The van der Waals surface area contributed by atoms with Crippen LogP contribution >= 0.6 is 0 Å². The van der Waals surface area contributed by atoms with Gasteiger partial charge in [-0.05, 0) is 36.4 Å². The first-order chi connectivity index (χ1) is 12.7. The standard InChI is InChI=1S/C18H12F5NO3/c19-13-5-8-16(15(20)11-13)26-10-2-1-9-24-17(25)12-3-6-14(7-4-12)27-18(21,22)23/h3-8,11H,9-10H2,(H,24,25). The molecule has 2 rings (SSSR count). The Morgan fingerprint density at radius 3 is 2.37 bits per heavy atom. The molecule has 2 aromatic carbocycles. The molecule has 0 saturated carbocycles. The number of amides is 1. The third kappa shape index (κ3) is 6.86. The number of benzene rings is 2. The van der Waals surface area contributed by atoms with Crippen LogP contribution in [0.3, 0.4) is 0 Å². The minimum absolute atomic E-state index is 0.0606. The molecule has 0 aliphatic heterocycles. The molecule has 0 aromatic heterocycles. The first-order valence-corrected chi connectivity index (χ1v) is 7.42. The van der Waals surface area contributed by atoms with Crippen LogP contribution in [0.4, 0.5) is 22.0 Å². The first-order valence-electron chi connectivity index (χ1n) is 7.42. The van der Waals surface area contributed by atoms with Crippen LogP contribution in [0.2, 0.25) is 0 Å². The van der Waals surface area contributed by atoms with Crippen LogP contribution in [0.25, 0.3) is 0 Å². The summed E-state index contributed by atoms with van der Waals surface area (Å²) in [5.41, 5.74) is 0.121. The van der Waals surface area contributed by atoms with Gasteiger partial charge < -0.3 is 14.8 Å². The van der Waals surface area contributed by atoms with E-state index in [1.54, 1.807) is 0 Å². The first kappa shape index (κ1) is 20.0. The van der Waals surface area contributed by atoms with Crippen LogP contribution in [-0.2, 0) is 0 Å². The highest BCUT2D eigenvalue weighted by atomic mass is 19.4. The molecule has 142 valence electrons. The normalized spacial score (nSPS) is 10.6. The number of ether oxygens (including phenoxy) is 2. The van der Waals surface area contributed by atoms with E-state index in [-0.39, 0.29) is 24.5 Å². The third-order valence-electron chi connectivity index (χ3n) is 3.01. The molecule has 0 bridgehead atoms. The molecule has 0 radical (unpaired) electrons. The molecular weight excluding hydrogens is 373 g/mol. The molecular formula is C18H12F5NO3. The summed E-state index contributed by atoms with van der Waals surface area (Å²) in [6.07, 6.45) is -4.81. The second-order valence-electron chi connectivity index (χ2n) is 4.97. The van der Waals surface area contributed by atoms with Gasteiger partial charge in [-0.3, -0.25) is 4.79 Å². The minimum Gasteiger partial charge on any atom is -0.478 e. The molecule has 1 amide bonds. The average molecular weight is 385 g/mol. The lowest BCUT2D eigenvalue weighted by atomic mass is 10.2. The smallest absolute Gasteiger partial charge is 0.478 e. The Morgan fingerprint density at radius 2 is 1.74 bits per heavy atom. The molecule has 0 atom stereocenters. The summed E-state index contributed by atoms with van der Waals surface area (Å²) in [6, 6.07) is 7.21. The molecule has 4 nitrogen and oxygen atoms in total. The minimum atomic E-state index is -4.81. The Hall–Kier alpha value is -3.28. The molecule has 0 unspecified atom stereocenters. The molecule has 27 heavy (non-hydrogen) atoms. The van der Waals surface area contributed by atoms with Crippen LogP contribution in [0, 0.1) is 23.5 Å². The summed E-state index contributed by atoms with van der Waals surface area (Å²) < 4.78 is 70.9. The third-order valence-corrected chi connectivity index (χ3v) is 3.01. The fraction of sp³-hybridized carbons (Fsp3) is 0.167. The van der Waals surface area contributed by atoms with Crippen molar-refractivity contribution in [1.29, 1.82) is 0 Å². The lowest BCUT2D eigenvalue weighted by molar-refractivity contribution is -0.274. The number of hydrogen-bond acceptors (Lipinski definition) is 3. The van der Waals surface area contributed by atoms with Crippen LogP contribution in [-0.4, -0.2) is 25.4 Å². The highest BCUT2D eigenvalue weighted by Gasteiger charge is 2.31. The van der Waals surface area contributed by atoms with E-state index in [9.17, 15) is 26.7 Å². The number of carbonyl (C=O) groups is 1. The second kappa shape index (κ2) is 8.89. The van der Waals surface area contributed by atoms with E-state index >= 15 is 0 Å². The molecule has 0 aliphatic rings. The van der Waals surface area contributed by atoms with Crippen molar-refractivity contribution in [1.82, 2.24) is 5.32 Å². The highest BCUT2D eigenvalue weighted by Crippen LogP contribution is 2.22. The van der Waals surface area contributed by atoms with Gasteiger partial charge in [0, 0.05) is 11.6 Å². The number of hydrogen-bond donors (Lipinski definition) is 1. The fourth-order valence-electron chi connectivity index (χ4n) is 1.85. The lowest BCUT2D eigenvalue weighted by Crippen LogP contribution is -2.23. The van der Waals surface area contributed by atoms with Gasteiger partial charge in [-0.1, -0.05) is 11.8 Å². The van der Waals surface area contributed by atoms with E-state index in [0.717, 1.165) is 24.3 Å². The molecule has 2 aromatic rings. The number of carbonyl (C=O) groups excluding carboxylic acids is 1. The van der Waals surface area contributed by atoms with Crippen molar-refractivity contribution in [3.63, 3.8) is 0 Å². The van der Waals surface area contributed by atoms with Crippen LogP contribution in [0.1, 0.15) is 10.4 Å². The molecule has 1 N–H and O–H groups in total. The Kier molecular flexibility index (Phi) is 6.60. The van der Waals surface area contributed by atoms with E-state index in [0.29, 0.717) is 6.07 Å². The largest absolute Gasteiger partial charge is 0.573 e. The predicted molar refractivity (Wildman–Crippen MR) is 85.1 cm³/mol. The number of rotatable bonds is 5. The van der Waals surface area contributed by atoms with E-state index in [1.165, 1.54) is 12.1 Å². The summed E-state index contributed by atoms with van der Waals surface area (Å²) in [4.78, 5) is 11.8. The number of halogens is 5. The van der Waals surface area contributed by atoms with Gasteiger partial charge in [0.05, 0.1) is 6.54 Å². The van der Waals surface area contributed by atoms with Crippen molar-refractivity contribution in [3.8, 4) is 23.3 Å². The molecule has 0 spiro atoms. The van der Waals surface area contributed by atoms with E-state index in [2.05, 4.69) is 21.9 Å². The zero-order valence-corrected chi connectivity index (χ0v) is 13.6. The summed E-state index contributed by atoms with van der Waals surface area (Å²) in [7, 11) is 0. The predicted octanol–water partition coefficient (Wildman–Crippen LogP) is 3.68. The number of alkyl halides is 3. The lowest BCUT2D eigenvalue weighted by Gasteiger charge is -2.09. The van der Waals surface area contributed by atoms with Crippen molar-refractivity contribution in [2.45, 2.75) is 6.36 Å². The summed E-state index contributed by atoms with van der Waals surface area (Å²) >= 11 is 0. The van der Waals surface area contributed by atoms with E-state index < -0.39 is 29.7 Å². The van der Waals surface area contributed by atoms with Gasteiger partial charge in [0.25, 0.3) is 5.91 Å². The topological polar surface area (TPSA) is 47.6 Å². The Bertz CT molecular complexity index is 854. The molecule has 9 heteroatoms. The van der Waals surface area contributed by atoms with Crippen molar-refractivity contribution in [2.75, 3.05) is 13.2 Å². The van der Waals surface area contributed by atoms with Gasteiger partial charge in [0.1, 0.15) is 18.2 Å². The van der Waals surface area contributed by atoms with Gasteiger partial charge in [0.2, 0.25) is 0 Å². The van der Waals surface area contributed by atoms with Gasteiger partial charge >= 0.3 is 6.36 Å². The summed E-state index contributed by atoms with van der Waals surface area (Å²) in [6.45, 7) is -0.239. The van der Waals surface area contributed by atoms with Gasteiger partial charge in [0.15, 0.2) is 11.6 Å². The highest BCUT2D eigenvalue weighted by molar-refractivity contribution is 5.94. The maximum absolute atomic E-state index is 13.3. The van der Waals surface area contributed by atoms with Crippen LogP contribution in [0.5, 0.6) is 11.5 Å². The Labute approximate surface area is 150 Å². The summed E-state index contributed by atoms with van der Waals surface area (Å²) in [5.74, 6) is 2.34. The van der Waals surface area contributed by atoms with Gasteiger partial charge in [-0.2, -0.15) is 0 Å². The number of nitrogens with one attached hydrogen (secondary N) is 1. The Balaban J connectivity index is 1.77. The van der Waals surface area contributed by atoms with Crippen molar-refractivity contribution < 1.29 is 36.2 Å². The molecule has 0 heterocycles. The van der Waals surface area contributed by atoms with E-state index in [4.69, 9.17) is 4.74 Å². The van der Waals surface area contributed by atoms with Crippen LogP contribution < -0.4 is 14.8 Å². The van der Waals surface area contributed by atoms with Crippen molar-refractivity contribution >= 4 is 5.91 Å². The average Bonchev–Trinajstić information content (AvgIpc) is 2.58. The second-order valence-corrected chi connectivity index (χ2v) is 4.97. The zero-order valence-electron chi connectivity index (χ0n) is 13.6. The van der Waals surface area contributed by atoms with Crippen LogP contribution in [0.15, 0.2) is 42.5 Å². The maximum atomic E-state index is 13.3. The zero-order chi connectivity index (χ0) is 19.9. The monoisotopic (exact) mass is 385 g/mol. The summed E-state index contributed by atoms with van der Waals surface area (Å²) in [5, 5.41) is 2.43. The van der Waals surface area contributed by atoms with Crippen molar-refractivity contribution in [3.05, 3.63) is 59.7 Å². The maximum Gasteiger partial charge on any atom is 0.573 e. The fourth-order valence-corrected chi connectivity index (χ4v) is 1.85. The SMILES string of the molecule is O=C(NCC#CCOc1ccc(F)cc1F)c1ccc(OC(F)(F)F)cc1. The quantitative estimate of drug-likeness (QED) is 0.631. The van der Waals surface area contributed by atoms with Gasteiger partial charge in [-0.15, -0.1) is 13.2 Å².